The fourth-order valence-electron chi connectivity index (χ4n) is 2.42. The number of morpholine rings is 1. The molecule has 0 amide bonds. The molecule has 2 heterocycles. The highest BCUT2D eigenvalue weighted by atomic mass is 127. The van der Waals surface area contributed by atoms with E-state index in [1.54, 1.807) is 7.05 Å². The summed E-state index contributed by atoms with van der Waals surface area (Å²) < 4.78 is 5.58. The first kappa shape index (κ1) is 20.0. The van der Waals surface area contributed by atoms with Crippen LogP contribution in [0.25, 0.3) is 0 Å². The maximum Gasteiger partial charge on any atom is 0.191 e. The number of nitrogens with one attached hydrogen (secondary N) is 2. The van der Waals surface area contributed by atoms with Gasteiger partial charge in [0.05, 0.1) is 12.7 Å². The lowest BCUT2D eigenvalue weighted by Gasteiger charge is -2.32. The summed E-state index contributed by atoms with van der Waals surface area (Å²) in [5, 5.41) is 6.60. The van der Waals surface area contributed by atoms with E-state index in [1.165, 1.54) is 5.56 Å². The van der Waals surface area contributed by atoms with Crippen molar-refractivity contribution in [2.45, 2.75) is 39.5 Å². The minimum absolute atomic E-state index is 0. The largest absolute Gasteiger partial charge is 0.375 e. The summed E-state index contributed by atoms with van der Waals surface area (Å²) in [6, 6.07) is 4.52. The molecule has 1 aromatic heterocycles. The van der Waals surface area contributed by atoms with E-state index < -0.39 is 0 Å². The van der Waals surface area contributed by atoms with Crippen molar-refractivity contribution in [2.75, 3.05) is 31.6 Å². The Kier molecular flexibility index (Phi) is 8.60. The number of aliphatic imine (C=N–C) groups is 1. The van der Waals surface area contributed by atoms with E-state index in [4.69, 9.17) is 4.74 Å². The summed E-state index contributed by atoms with van der Waals surface area (Å²) in [4.78, 5) is 11.0. The van der Waals surface area contributed by atoms with Crippen LogP contribution in [0.1, 0.15) is 26.3 Å². The van der Waals surface area contributed by atoms with Crippen molar-refractivity contribution < 1.29 is 4.74 Å². The van der Waals surface area contributed by atoms with Gasteiger partial charge < -0.3 is 20.3 Å². The number of hydrogen-bond donors (Lipinski definition) is 2. The molecular formula is C16H28IN5O. The van der Waals surface area contributed by atoms with Crippen LogP contribution in [0.2, 0.25) is 0 Å². The van der Waals surface area contributed by atoms with Gasteiger partial charge in [-0.2, -0.15) is 0 Å². The molecule has 0 bridgehead atoms. The van der Waals surface area contributed by atoms with Crippen molar-refractivity contribution in [3.05, 3.63) is 23.9 Å². The van der Waals surface area contributed by atoms with E-state index in [1.807, 2.05) is 12.3 Å². The predicted octanol–water partition coefficient (Wildman–Crippen LogP) is 2.00. The average molecular weight is 433 g/mol. The van der Waals surface area contributed by atoms with Gasteiger partial charge >= 0.3 is 0 Å². The van der Waals surface area contributed by atoms with Gasteiger partial charge in [0.15, 0.2) is 5.96 Å². The van der Waals surface area contributed by atoms with Crippen LogP contribution in [0, 0.1) is 0 Å². The number of aromatic nitrogens is 1. The number of rotatable bonds is 4. The van der Waals surface area contributed by atoms with Crippen LogP contribution in [0.3, 0.4) is 0 Å². The fourth-order valence-corrected chi connectivity index (χ4v) is 2.42. The molecule has 23 heavy (non-hydrogen) atoms. The van der Waals surface area contributed by atoms with Crippen molar-refractivity contribution in [2.24, 2.45) is 4.99 Å². The lowest BCUT2D eigenvalue weighted by atomic mass is 10.2. The Balaban J connectivity index is 0.00000264. The summed E-state index contributed by atoms with van der Waals surface area (Å²) >= 11 is 0. The second-order valence-corrected chi connectivity index (χ2v) is 5.87. The van der Waals surface area contributed by atoms with Crippen molar-refractivity contribution in [3.63, 3.8) is 0 Å². The van der Waals surface area contributed by atoms with Crippen LogP contribution >= 0.6 is 24.0 Å². The Hall–Kier alpha value is -1.09. The van der Waals surface area contributed by atoms with Gasteiger partial charge in [-0.15, -0.1) is 24.0 Å². The summed E-state index contributed by atoms with van der Waals surface area (Å²) in [6.45, 7) is 9.55. The number of anilines is 1. The third-order valence-electron chi connectivity index (χ3n) is 3.48. The van der Waals surface area contributed by atoms with Gasteiger partial charge in [-0.25, -0.2) is 4.98 Å². The number of halogens is 1. The van der Waals surface area contributed by atoms with E-state index in [-0.39, 0.29) is 30.1 Å². The number of nitrogens with zero attached hydrogens (tertiary/aromatic N) is 3. The van der Waals surface area contributed by atoms with Crippen LogP contribution in [-0.4, -0.2) is 49.8 Å². The number of ether oxygens (including phenoxy) is 1. The summed E-state index contributed by atoms with van der Waals surface area (Å²) in [5.74, 6) is 1.83. The van der Waals surface area contributed by atoms with Crippen LogP contribution in [0.5, 0.6) is 0 Å². The highest BCUT2D eigenvalue weighted by molar-refractivity contribution is 14.0. The van der Waals surface area contributed by atoms with E-state index in [9.17, 15) is 0 Å². The second-order valence-electron chi connectivity index (χ2n) is 5.87. The van der Waals surface area contributed by atoms with Crippen molar-refractivity contribution in [1.82, 2.24) is 15.6 Å². The molecule has 1 aliphatic heterocycles. The van der Waals surface area contributed by atoms with Gasteiger partial charge in [0.25, 0.3) is 0 Å². The molecule has 0 aliphatic carbocycles. The van der Waals surface area contributed by atoms with E-state index in [0.29, 0.717) is 6.04 Å². The normalized spacial score (nSPS) is 18.6. The lowest BCUT2D eigenvalue weighted by Crippen LogP contribution is -2.42. The van der Waals surface area contributed by atoms with Gasteiger partial charge in [0, 0.05) is 38.9 Å². The average Bonchev–Trinajstić information content (AvgIpc) is 2.51. The predicted molar refractivity (Wildman–Crippen MR) is 106 cm³/mol. The first-order valence-electron chi connectivity index (χ1n) is 7.87. The molecule has 1 aliphatic rings. The minimum Gasteiger partial charge on any atom is -0.375 e. The zero-order valence-corrected chi connectivity index (χ0v) is 16.7. The molecular weight excluding hydrogens is 405 g/mol. The van der Waals surface area contributed by atoms with Gasteiger partial charge in [0.2, 0.25) is 0 Å². The van der Waals surface area contributed by atoms with Gasteiger partial charge in [-0.1, -0.05) is 0 Å². The number of pyridine rings is 1. The first-order chi connectivity index (χ1) is 10.6. The van der Waals surface area contributed by atoms with Gasteiger partial charge in [-0.3, -0.25) is 4.99 Å². The fraction of sp³-hybridized carbons (Fsp3) is 0.625. The Morgan fingerprint density at radius 3 is 2.96 bits per heavy atom. The maximum atomic E-state index is 5.58. The SMILES string of the molecule is CN=C(NCc1ccnc(N2CCOC(C)C2)c1)NC(C)C.I. The third kappa shape index (κ3) is 6.50. The lowest BCUT2D eigenvalue weighted by molar-refractivity contribution is 0.0529. The summed E-state index contributed by atoms with van der Waals surface area (Å²) in [6.07, 6.45) is 2.12. The van der Waals surface area contributed by atoms with Gasteiger partial charge in [-0.05, 0) is 38.5 Å². The molecule has 1 atom stereocenters. The molecule has 130 valence electrons. The Morgan fingerprint density at radius 1 is 1.52 bits per heavy atom. The van der Waals surface area contributed by atoms with Crippen molar-refractivity contribution in [1.29, 1.82) is 0 Å². The molecule has 1 aromatic rings. The molecule has 2 N–H and O–H groups in total. The molecule has 0 spiro atoms. The van der Waals surface area contributed by atoms with Crippen molar-refractivity contribution in [3.8, 4) is 0 Å². The zero-order chi connectivity index (χ0) is 15.9. The summed E-state index contributed by atoms with van der Waals surface area (Å²) in [7, 11) is 1.78. The molecule has 1 fully saturated rings. The van der Waals surface area contributed by atoms with Crippen LogP contribution in [0.4, 0.5) is 5.82 Å². The van der Waals surface area contributed by atoms with Gasteiger partial charge in [0.1, 0.15) is 5.82 Å². The Labute approximate surface area is 156 Å². The second kappa shape index (κ2) is 9.92. The molecule has 0 aromatic carbocycles. The molecule has 0 saturated carbocycles. The molecule has 6 nitrogen and oxygen atoms in total. The third-order valence-corrected chi connectivity index (χ3v) is 3.48. The maximum absolute atomic E-state index is 5.58. The van der Waals surface area contributed by atoms with Crippen LogP contribution < -0.4 is 15.5 Å². The number of hydrogen-bond acceptors (Lipinski definition) is 4. The topological polar surface area (TPSA) is 61.8 Å². The van der Waals surface area contributed by atoms with Crippen molar-refractivity contribution >= 4 is 35.8 Å². The van der Waals surface area contributed by atoms with E-state index in [2.05, 4.69) is 52.3 Å². The van der Waals surface area contributed by atoms with Crippen LogP contribution in [-0.2, 0) is 11.3 Å². The summed E-state index contributed by atoms with van der Waals surface area (Å²) in [5.41, 5.74) is 1.19. The number of guanidine groups is 1. The smallest absolute Gasteiger partial charge is 0.191 e. The standard InChI is InChI=1S/C16H27N5O.HI/c1-12(2)20-16(17-4)19-10-14-5-6-18-15(9-14)21-7-8-22-13(3)11-21;/h5-6,9,12-13H,7-8,10-11H2,1-4H3,(H2,17,19,20);1H. The minimum atomic E-state index is 0. The molecule has 7 heteroatoms. The Bertz CT molecular complexity index is 509. The monoisotopic (exact) mass is 433 g/mol. The highest BCUT2D eigenvalue weighted by Gasteiger charge is 2.17. The molecule has 2 rings (SSSR count). The van der Waals surface area contributed by atoms with E-state index >= 15 is 0 Å². The molecule has 1 saturated heterocycles. The van der Waals surface area contributed by atoms with Crippen LogP contribution in [0.15, 0.2) is 23.3 Å². The molecule has 1 unspecified atom stereocenters. The Morgan fingerprint density at radius 2 is 2.30 bits per heavy atom. The zero-order valence-electron chi connectivity index (χ0n) is 14.4. The van der Waals surface area contributed by atoms with E-state index in [0.717, 1.165) is 38.0 Å². The first-order valence-corrected chi connectivity index (χ1v) is 7.87. The molecule has 0 radical (unpaired) electrons. The highest BCUT2D eigenvalue weighted by Crippen LogP contribution is 2.16. The quantitative estimate of drug-likeness (QED) is 0.432.